The van der Waals surface area contributed by atoms with E-state index in [0.717, 1.165) is 12.0 Å². The predicted octanol–water partition coefficient (Wildman–Crippen LogP) is 2.01. The second kappa shape index (κ2) is 5.15. The molecular weight excluding hydrogens is 246 g/mol. The molecule has 19 heavy (non-hydrogen) atoms. The molecule has 0 aromatic carbocycles. The van der Waals surface area contributed by atoms with E-state index < -0.39 is 11.6 Å². The SMILES string of the molecule is CCOC(=O)C1=NOC(C)(C2CC=C(C)C(=O)C2)C1. The van der Waals surface area contributed by atoms with Gasteiger partial charge < -0.3 is 9.57 Å². The Morgan fingerprint density at radius 3 is 3.00 bits per heavy atom. The molecule has 0 saturated carbocycles. The molecule has 104 valence electrons. The standard InChI is InChI=1S/C14H19NO4/c1-4-18-13(17)11-8-14(3,19-15-11)10-6-5-9(2)12(16)7-10/h5,10H,4,6-8H2,1-3H3. The van der Waals surface area contributed by atoms with Crippen LogP contribution in [0.2, 0.25) is 0 Å². The normalized spacial score (nSPS) is 30.5. The second-order valence-corrected chi connectivity index (χ2v) is 5.29. The number of hydrogen-bond acceptors (Lipinski definition) is 5. The van der Waals surface area contributed by atoms with Crippen LogP contribution in [-0.2, 0) is 19.2 Å². The highest BCUT2D eigenvalue weighted by Gasteiger charge is 2.45. The number of ketones is 1. The van der Waals surface area contributed by atoms with Crippen LogP contribution in [0.15, 0.2) is 16.8 Å². The molecule has 0 N–H and O–H groups in total. The minimum Gasteiger partial charge on any atom is -0.461 e. The summed E-state index contributed by atoms with van der Waals surface area (Å²) >= 11 is 0. The first-order chi connectivity index (χ1) is 8.96. The Morgan fingerprint density at radius 2 is 2.37 bits per heavy atom. The van der Waals surface area contributed by atoms with Crippen LogP contribution in [-0.4, -0.2) is 29.7 Å². The van der Waals surface area contributed by atoms with E-state index in [-0.39, 0.29) is 11.7 Å². The van der Waals surface area contributed by atoms with E-state index in [9.17, 15) is 9.59 Å². The van der Waals surface area contributed by atoms with Gasteiger partial charge in [0.25, 0.3) is 0 Å². The van der Waals surface area contributed by atoms with E-state index in [1.165, 1.54) is 0 Å². The Morgan fingerprint density at radius 1 is 1.63 bits per heavy atom. The van der Waals surface area contributed by atoms with Gasteiger partial charge in [0.15, 0.2) is 11.5 Å². The lowest BCUT2D eigenvalue weighted by molar-refractivity contribution is -0.135. The van der Waals surface area contributed by atoms with Crippen molar-refractivity contribution >= 4 is 17.5 Å². The van der Waals surface area contributed by atoms with Crippen LogP contribution >= 0.6 is 0 Å². The first-order valence-corrected chi connectivity index (χ1v) is 6.58. The Labute approximate surface area is 112 Å². The van der Waals surface area contributed by atoms with Crippen LogP contribution in [0.3, 0.4) is 0 Å². The van der Waals surface area contributed by atoms with Crippen LogP contribution in [0.5, 0.6) is 0 Å². The van der Waals surface area contributed by atoms with Crippen LogP contribution in [0.4, 0.5) is 0 Å². The number of oxime groups is 1. The molecule has 2 atom stereocenters. The van der Waals surface area contributed by atoms with Crippen LogP contribution in [0.1, 0.15) is 40.0 Å². The van der Waals surface area contributed by atoms with Crippen molar-refractivity contribution in [2.75, 3.05) is 6.61 Å². The molecule has 0 aromatic heterocycles. The molecule has 0 bridgehead atoms. The van der Waals surface area contributed by atoms with Crippen LogP contribution in [0, 0.1) is 5.92 Å². The number of carbonyl (C=O) groups is 2. The van der Waals surface area contributed by atoms with E-state index in [4.69, 9.17) is 9.57 Å². The summed E-state index contributed by atoms with van der Waals surface area (Å²) in [5, 5.41) is 3.84. The molecule has 0 fully saturated rings. The number of hydrogen-bond donors (Lipinski definition) is 0. The van der Waals surface area contributed by atoms with Gasteiger partial charge in [0.05, 0.1) is 6.61 Å². The summed E-state index contributed by atoms with van der Waals surface area (Å²) in [5.41, 5.74) is 0.530. The van der Waals surface area contributed by atoms with E-state index in [1.807, 2.05) is 19.9 Å². The molecule has 0 spiro atoms. The van der Waals surface area contributed by atoms with Gasteiger partial charge in [-0.3, -0.25) is 4.79 Å². The average Bonchev–Trinajstić information content (AvgIpc) is 2.77. The fourth-order valence-corrected chi connectivity index (χ4v) is 2.47. The molecule has 1 aliphatic heterocycles. The molecule has 0 saturated heterocycles. The summed E-state index contributed by atoms with van der Waals surface area (Å²) in [6.45, 7) is 5.80. The highest BCUT2D eigenvalue weighted by atomic mass is 16.7. The molecule has 2 unspecified atom stereocenters. The molecule has 1 aliphatic carbocycles. The van der Waals surface area contributed by atoms with Gasteiger partial charge in [-0.2, -0.15) is 0 Å². The van der Waals surface area contributed by atoms with Crippen molar-refractivity contribution in [1.82, 2.24) is 0 Å². The molecule has 1 heterocycles. The Balaban J connectivity index is 2.04. The van der Waals surface area contributed by atoms with Crippen molar-refractivity contribution in [3.05, 3.63) is 11.6 Å². The van der Waals surface area contributed by atoms with Crippen molar-refractivity contribution in [1.29, 1.82) is 0 Å². The van der Waals surface area contributed by atoms with Gasteiger partial charge in [-0.25, -0.2) is 4.79 Å². The topological polar surface area (TPSA) is 65.0 Å². The van der Waals surface area contributed by atoms with E-state index in [0.29, 0.717) is 25.2 Å². The number of carbonyl (C=O) groups excluding carboxylic acids is 2. The molecule has 0 amide bonds. The maximum Gasteiger partial charge on any atom is 0.356 e. The highest BCUT2D eigenvalue weighted by molar-refractivity contribution is 6.36. The lowest BCUT2D eigenvalue weighted by Crippen LogP contribution is -2.38. The molecule has 5 nitrogen and oxygen atoms in total. The maximum atomic E-state index is 11.8. The van der Waals surface area contributed by atoms with Crippen LogP contribution < -0.4 is 0 Å². The number of nitrogens with zero attached hydrogens (tertiary/aromatic N) is 1. The van der Waals surface area contributed by atoms with Crippen molar-refractivity contribution in [2.45, 2.75) is 45.6 Å². The average molecular weight is 265 g/mol. The Bertz CT molecular complexity index is 466. The summed E-state index contributed by atoms with van der Waals surface area (Å²) in [5.74, 6) is -0.231. The van der Waals surface area contributed by atoms with Gasteiger partial charge in [-0.15, -0.1) is 0 Å². The Hall–Kier alpha value is -1.65. The highest BCUT2D eigenvalue weighted by Crippen LogP contribution is 2.38. The lowest BCUT2D eigenvalue weighted by Gasteiger charge is -2.32. The molecular formula is C14H19NO4. The molecule has 2 rings (SSSR count). The summed E-state index contributed by atoms with van der Waals surface area (Å²) in [6, 6.07) is 0. The predicted molar refractivity (Wildman–Crippen MR) is 69.7 cm³/mol. The van der Waals surface area contributed by atoms with E-state index in [2.05, 4.69) is 5.16 Å². The van der Waals surface area contributed by atoms with Crippen LogP contribution in [0.25, 0.3) is 0 Å². The van der Waals surface area contributed by atoms with Crippen molar-refractivity contribution in [3.8, 4) is 0 Å². The molecule has 5 heteroatoms. The van der Waals surface area contributed by atoms with Crippen molar-refractivity contribution in [2.24, 2.45) is 11.1 Å². The fraction of sp³-hybridized carbons (Fsp3) is 0.643. The number of rotatable bonds is 3. The fourth-order valence-electron chi connectivity index (χ4n) is 2.47. The third kappa shape index (κ3) is 2.69. The minimum atomic E-state index is -0.588. The summed E-state index contributed by atoms with van der Waals surface area (Å²) < 4.78 is 4.92. The summed E-state index contributed by atoms with van der Waals surface area (Å²) in [4.78, 5) is 28.8. The third-order valence-electron chi connectivity index (χ3n) is 3.84. The van der Waals surface area contributed by atoms with Gasteiger partial charge in [0.2, 0.25) is 0 Å². The van der Waals surface area contributed by atoms with Crippen molar-refractivity contribution in [3.63, 3.8) is 0 Å². The first-order valence-electron chi connectivity index (χ1n) is 6.58. The zero-order valence-electron chi connectivity index (χ0n) is 11.6. The number of ether oxygens (including phenoxy) is 1. The third-order valence-corrected chi connectivity index (χ3v) is 3.84. The second-order valence-electron chi connectivity index (χ2n) is 5.29. The quantitative estimate of drug-likeness (QED) is 0.732. The van der Waals surface area contributed by atoms with E-state index in [1.54, 1.807) is 6.92 Å². The molecule has 0 aromatic rings. The van der Waals surface area contributed by atoms with Gasteiger partial charge in [-0.1, -0.05) is 11.2 Å². The number of esters is 1. The van der Waals surface area contributed by atoms with E-state index >= 15 is 0 Å². The van der Waals surface area contributed by atoms with Gasteiger partial charge in [0.1, 0.15) is 5.60 Å². The lowest BCUT2D eigenvalue weighted by atomic mass is 9.76. The zero-order chi connectivity index (χ0) is 14.0. The number of Topliss-reactive ketones (excluding diaryl/α,β-unsaturated/α-hetero) is 1. The summed E-state index contributed by atoms with van der Waals surface area (Å²) in [7, 11) is 0. The molecule has 2 aliphatic rings. The van der Waals surface area contributed by atoms with Crippen molar-refractivity contribution < 1.29 is 19.2 Å². The largest absolute Gasteiger partial charge is 0.461 e. The summed E-state index contributed by atoms with van der Waals surface area (Å²) in [6.07, 6.45) is 3.56. The minimum absolute atomic E-state index is 0.0550. The molecule has 0 radical (unpaired) electrons. The Kier molecular flexibility index (Phi) is 3.73. The van der Waals surface area contributed by atoms with Gasteiger partial charge in [-0.05, 0) is 32.8 Å². The smallest absolute Gasteiger partial charge is 0.356 e. The number of allylic oxidation sites excluding steroid dienone is 2. The monoisotopic (exact) mass is 265 g/mol. The zero-order valence-corrected chi connectivity index (χ0v) is 11.6. The maximum absolute atomic E-state index is 11.8. The van der Waals surface area contributed by atoms with Gasteiger partial charge >= 0.3 is 5.97 Å². The first kappa shape index (κ1) is 13.8. The van der Waals surface area contributed by atoms with Gasteiger partial charge in [0, 0.05) is 18.8 Å².